The molecule has 2 unspecified atom stereocenters. The van der Waals surface area contributed by atoms with Gasteiger partial charge in [-0.25, -0.2) is 0 Å². The second-order valence-electron chi connectivity index (χ2n) is 4.75. The number of nitrogens with zero attached hydrogens (tertiary/aromatic N) is 1. The SMILES string of the molecule is Clc1ccc(Cl)c(NC2=NC3CCCC3CS2)c1. The number of thioether (sulfide) groups is 1. The van der Waals surface area contributed by atoms with E-state index in [1.165, 1.54) is 19.3 Å². The zero-order valence-corrected chi connectivity index (χ0v) is 12.2. The van der Waals surface area contributed by atoms with Crippen LogP contribution < -0.4 is 5.32 Å². The van der Waals surface area contributed by atoms with E-state index in [9.17, 15) is 0 Å². The van der Waals surface area contributed by atoms with E-state index in [1.54, 1.807) is 23.9 Å². The zero-order valence-electron chi connectivity index (χ0n) is 9.83. The molecule has 0 radical (unpaired) electrons. The van der Waals surface area contributed by atoms with Crippen molar-refractivity contribution in [3.63, 3.8) is 0 Å². The summed E-state index contributed by atoms with van der Waals surface area (Å²) in [5.74, 6) is 1.93. The number of halogens is 2. The topological polar surface area (TPSA) is 24.4 Å². The minimum Gasteiger partial charge on any atom is -0.334 e. The zero-order chi connectivity index (χ0) is 12.5. The van der Waals surface area contributed by atoms with Crippen LogP contribution in [0.2, 0.25) is 10.0 Å². The highest BCUT2D eigenvalue weighted by atomic mass is 35.5. The molecule has 1 heterocycles. The molecule has 1 aromatic carbocycles. The Balaban J connectivity index is 1.78. The van der Waals surface area contributed by atoms with Gasteiger partial charge in [-0.05, 0) is 37.0 Å². The molecule has 1 aromatic rings. The van der Waals surface area contributed by atoms with Crippen LogP contribution in [0.5, 0.6) is 0 Å². The third-order valence-corrected chi connectivity index (χ3v) is 5.15. The summed E-state index contributed by atoms with van der Waals surface area (Å²) in [6.07, 6.45) is 3.86. The van der Waals surface area contributed by atoms with Gasteiger partial charge in [-0.1, -0.05) is 41.4 Å². The molecule has 2 atom stereocenters. The van der Waals surface area contributed by atoms with E-state index in [1.807, 2.05) is 6.07 Å². The van der Waals surface area contributed by atoms with Crippen LogP contribution in [-0.2, 0) is 0 Å². The molecule has 5 heteroatoms. The van der Waals surface area contributed by atoms with Crippen LogP contribution in [0.4, 0.5) is 5.69 Å². The molecule has 0 amide bonds. The molecule has 0 aromatic heterocycles. The number of benzene rings is 1. The van der Waals surface area contributed by atoms with Crippen molar-refractivity contribution in [1.82, 2.24) is 0 Å². The smallest absolute Gasteiger partial charge is 0.161 e. The van der Waals surface area contributed by atoms with Gasteiger partial charge < -0.3 is 5.32 Å². The van der Waals surface area contributed by atoms with Crippen LogP contribution in [0.1, 0.15) is 19.3 Å². The fraction of sp³-hybridized carbons (Fsp3) is 0.462. The maximum absolute atomic E-state index is 6.14. The number of hydrogen-bond acceptors (Lipinski definition) is 3. The Morgan fingerprint density at radius 2 is 2.17 bits per heavy atom. The van der Waals surface area contributed by atoms with Gasteiger partial charge in [-0.2, -0.15) is 0 Å². The van der Waals surface area contributed by atoms with Crippen LogP contribution in [0, 0.1) is 5.92 Å². The summed E-state index contributed by atoms with van der Waals surface area (Å²) in [5, 5.41) is 5.63. The lowest BCUT2D eigenvalue weighted by molar-refractivity contribution is 0.535. The van der Waals surface area contributed by atoms with Gasteiger partial charge in [0.15, 0.2) is 5.17 Å². The number of anilines is 1. The van der Waals surface area contributed by atoms with Gasteiger partial charge in [0, 0.05) is 10.8 Å². The van der Waals surface area contributed by atoms with Gasteiger partial charge in [-0.15, -0.1) is 0 Å². The molecule has 1 aliphatic carbocycles. The summed E-state index contributed by atoms with van der Waals surface area (Å²) in [6.45, 7) is 0. The number of hydrogen-bond donors (Lipinski definition) is 1. The maximum atomic E-state index is 6.14. The first-order valence-electron chi connectivity index (χ1n) is 6.15. The molecule has 96 valence electrons. The summed E-state index contributed by atoms with van der Waals surface area (Å²) in [5.41, 5.74) is 0.840. The van der Waals surface area contributed by atoms with Crippen LogP contribution in [0.15, 0.2) is 23.2 Å². The number of aliphatic imine (C=N–C) groups is 1. The number of nitrogens with one attached hydrogen (secondary N) is 1. The second-order valence-corrected chi connectivity index (χ2v) is 6.61. The minimum atomic E-state index is 0.506. The van der Waals surface area contributed by atoms with Gasteiger partial charge in [0.25, 0.3) is 0 Å². The highest BCUT2D eigenvalue weighted by Crippen LogP contribution is 2.36. The largest absolute Gasteiger partial charge is 0.334 e. The van der Waals surface area contributed by atoms with Gasteiger partial charge >= 0.3 is 0 Å². The Morgan fingerprint density at radius 1 is 1.28 bits per heavy atom. The van der Waals surface area contributed by atoms with Crippen molar-refractivity contribution in [3.8, 4) is 0 Å². The predicted molar refractivity (Wildman–Crippen MR) is 81.1 cm³/mol. The molecule has 0 spiro atoms. The minimum absolute atomic E-state index is 0.506. The Labute approximate surface area is 121 Å². The summed E-state index contributed by atoms with van der Waals surface area (Å²) in [7, 11) is 0. The van der Waals surface area contributed by atoms with Crippen molar-refractivity contribution < 1.29 is 0 Å². The standard InChI is InChI=1S/C13H14Cl2N2S/c14-9-4-5-10(15)12(6-9)17-13-16-11-3-1-2-8(11)7-18-13/h4-6,8,11H,1-3,7H2,(H,16,17). The monoisotopic (exact) mass is 300 g/mol. The maximum Gasteiger partial charge on any atom is 0.161 e. The lowest BCUT2D eigenvalue weighted by Crippen LogP contribution is -2.25. The van der Waals surface area contributed by atoms with Crippen LogP contribution in [0.25, 0.3) is 0 Å². The number of rotatable bonds is 1. The first-order valence-corrected chi connectivity index (χ1v) is 7.89. The van der Waals surface area contributed by atoms with E-state index in [2.05, 4.69) is 5.32 Å². The highest BCUT2D eigenvalue weighted by Gasteiger charge is 2.31. The average molecular weight is 301 g/mol. The van der Waals surface area contributed by atoms with E-state index in [-0.39, 0.29) is 0 Å². The van der Waals surface area contributed by atoms with Crippen molar-refractivity contribution in [2.75, 3.05) is 11.1 Å². The fourth-order valence-electron chi connectivity index (χ4n) is 2.53. The summed E-state index contributed by atoms with van der Waals surface area (Å²) in [6, 6.07) is 5.94. The Hall–Kier alpha value is -0.380. The van der Waals surface area contributed by atoms with Gasteiger partial charge in [0.1, 0.15) is 0 Å². The molecular weight excluding hydrogens is 287 g/mol. The first kappa shape index (κ1) is 12.6. The highest BCUT2D eigenvalue weighted by molar-refractivity contribution is 8.14. The van der Waals surface area contributed by atoms with Gasteiger partial charge in [0.2, 0.25) is 0 Å². The van der Waals surface area contributed by atoms with Gasteiger partial charge in [-0.3, -0.25) is 4.99 Å². The normalized spacial score (nSPS) is 26.7. The molecule has 1 fully saturated rings. The molecule has 18 heavy (non-hydrogen) atoms. The van der Waals surface area contributed by atoms with Crippen molar-refractivity contribution in [3.05, 3.63) is 28.2 Å². The molecule has 2 aliphatic rings. The fourth-order valence-corrected chi connectivity index (χ4v) is 4.02. The van der Waals surface area contributed by atoms with E-state index >= 15 is 0 Å². The van der Waals surface area contributed by atoms with Crippen LogP contribution in [-0.4, -0.2) is 17.0 Å². The first-order chi connectivity index (χ1) is 8.72. The average Bonchev–Trinajstić information content (AvgIpc) is 2.81. The van der Waals surface area contributed by atoms with E-state index in [0.717, 1.165) is 22.5 Å². The molecule has 2 nitrogen and oxygen atoms in total. The molecule has 0 bridgehead atoms. The summed E-state index contributed by atoms with van der Waals surface area (Å²) < 4.78 is 0. The second kappa shape index (κ2) is 5.32. The molecule has 3 rings (SSSR count). The number of amidine groups is 1. The molecular formula is C13H14Cl2N2S. The Morgan fingerprint density at radius 3 is 3.06 bits per heavy atom. The molecule has 1 saturated carbocycles. The van der Waals surface area contributed by atoms with Crippen molar-refractivity contribution >= 4 is 45.8 Å². The quantitative estimate of drug-likeness (QED) is 0.814. The predicted octanol–water partition coefficient (Wildman–Crippen LogP) is 4.68. The van der Waals surface area contributed by atoms with Gasteiger partial charge in [0.05, 0.1) is 16.8 Å². The third kappa shape index (κ3) is 2.63. The molecule has 1 N–H and O–H groups in total. The van der Waals surface area contributed by atoms with Crippen molar-refractivity contribution in [2.24, 2.45) is 10.9 Å². The summed E-state index contributed by atoms with van der Waals surface area (Å²) >= 11 is 13.9. The lowest BCUT2D eigenvalue weighted by Gasteiger charge is -2.23. The molecule has 0 saturated heterocycles. The van der Waals surface area contributed by atoms with Crippen LogP contribution >= 0.6 is 35.0 Å². The van der Waals surface area contributed by atoms with Crippen molar-refractivity contribution in [1.29, 1.82) is 0 Å². The lowest BCUT2D eigenvalue weighted by atomic mass is 10.1. The van der Waals surface area contributed by atoms with E-state index < -0.39 is 0 Å². The Bertz CT molecular complexity index is 490. The third-order valence-electron chi connectivity index (χ3n) is 3.51. The summed E-state index contributed by atoms with van der Waals surface area (Å²) in [4.78, 5) is 4.78. The van der Waals surface area contributed by atoms with Crippen molar-refractivity contribution in [2.45, 2.75) is 25.3 Å². The van der Waals surface area contributed by atoms with E-state index in [0.29, 0.717) is 16.1 Å². The molecule has 1 aliphatic heterocycles. The Kier molecular flexibility index (Phi) is 3.73. The van der Waals surface area contributed by atoms with E-state index in [4.69, 9.17) is 28.2 Å². The number of fused-ring (bicyclic) bond motifs is 1. The van der Waals surface area contributed by atoms with Crippen LogP contribution in [0.3, 0.4) is 0 Å².